The fraction of sp³-hybridized carbons (Fsp3) is 0.667. The molecule has 2 heterocycles. The minimum Gasteiger partial charge on any atom is -0.393 e. The molecule has 1 N–H and O–H groups in total. The predicted octanol–water partition coefficient (Wildman–Crippen LogP) is 2.09. The summed E-state index contributed by atoms with van der Waals surface area (Å²) < 4.78 is 37.1. The number of piperidine rings is 1. The van der Waals surface area contributed by atoms with Gasteiger partial charge in [-0.1, -0.05) is 0 Å². The van der Waals surface area contributed by atoms with Crippen LogP contribution in [0.25, 0.3) is 0 Å². The lowest BCUT2D eigenvalue weighted by molar-refractivity contribution is -0.141. The second-order valence-corrected chi connectivity index (χ2v) is 4.86. The van der Waals surface area contributed by atoms with Gasteiger partial charge in [-0.05, 0) is 31.9 Å². The van der Waals surface area contributed by atoms with Gasteiger partial charge in [0.15, 0.2) is 11.5 Å². The molecule has 0 aliphatic carbocycles. The number of anilines is 1. The maximum absolute atomic E-state index is 12.4. The summed E-state index contributed by atoms with van der Waals surface area (Å²) in [6.07, 6.45) is -3.08. The van der Waals surface area contributed by atoms with Crippen molar-refractivity contribution in [1.29, 1.82) is 0 Å². The van der Waals surface area contributed by atoms with Crippen LogP contribution in [0, 0.1) is 5.92 Å². The molecule has 7 heteroatoms. The molecule has 0 aromatic carbocycles. The zero-order valence-corrected chi connectivity index (χ0v) is 10.6. The first-order valence-corrected chi connectivity index (χ1v) is 6.22. The second-order valence-electron chi connectivity index (χ2n) is 4.86. The molecule has 1 aromatic heterocycles. The summed E-state index contributed by atoms with van der Waals surface area (Å²) in [6, 6.07) is 2.27. The summed E-state index contributed by atoms with van der Waals surface area (Å²) in [5.74, 6) is 0.552. The average Bonchev–Trinajstić information content (AvgIpc) is 2.38. The summed E-state index contributed by atoms with van der Waals surface area (Å²) in [7, 11) is 0. The van der Waals surface area contributed by atoms with E-state index in [1.165, 1.54) is 6.07 Å². The van der Waals surface area contributed by atoms with Gasteiger partial charge in [-0.15, -0.1) is 10.2 Å². The van der Waals surface area contributed by atoms with Gasteiger partial charge in [-0.2, -0.15) is 13.2 Å². The van der Waals surface area contributed by atoms with E-state index in [4.69, 9.17) is 0 Å². The first-order chi connectivity index (χ1) is 8.88. The third kappa shape index (κ3) is 3.34. The van der Waals surface area contributed by atoms with Crippen molar-refractivity contribution < 1.29 is 18.3 Å². The van der Waals surface area contributed by atoms with Gasteiger partial charge in [0.2, 0.25) is 0 Å². The van der Waals surface area contributed by atoms with Crippen molar-refractivity contribution in [2.24, 2.45) is 5.92 Å². The average molecular weight is 275 g/mol. The van der Waals surface area contributed by atoms with Gasteiger partial charge in [0, 0.05) is 19.0 Å². The van der Waals surface area contributed by atoms with E-state index in [9.17, 15) is 18.3 Å². The van der Waals surface area contributed by atoms with Crippen LogP contribution in [-0.4, -0.2) is 34.5 Å². The van der Waals surface area contributed by atoms with Crippen molar-refractivity contribution in [3.8, 4) is 0 Å². The minimum atomic E-state index is -4.46. The topological polar surface area (TPSA) is 49.2 Å². The SMILES string of the molecule is CC(O)C1CCCN(c2ccc(C(F)(F)F)nn2)C1. The molecule has 2 atom stereocenters. The zero-order valence-electron chi connectivity index (χ0n) is 10.6. The number of hydrogen-bond acceptors (Lipinski definition) is 4. The molecule has 106 valence electrons. The Morgan fingerprint density at radius 1 is 1.37 bits per heavy atom. The van der Waals surface area contributed by atoms with E-state index >= 15 is 0 Å². The number of hydrogen-bond donors (Lipinski definition) is 1. The van der Waals surface area contributed by atoms with Crippen molar-refractivity contribution in [1.82, 2.24) is 10.2 Å². The molecule has 4 nitrogen and oxygen atoms in total. The van der Waals surface area contributed by atoms with Crippen LogP contribution in [0.15, 0.2) is 12.1 Å². The van der Waals surface area contributed by atoms with Gasteiger partial charge in [0.1, 0.15) is 0 Å². The Morgan fingerprint density at radius 2 is 2.11 bits per heavy atom. The number of aliphatic hydroxyl groups excluding tert-OH is 1. The number of alkyl halides is 3. The lowest BCUT2D eigenvalue weighted by Gasteiger charge is -2.34. The highest BCUT2D eigenvalue weighted by molar-refractivity contribution is 5.38. The Hall–Kier alpha value is -1.37. The predicted molar refractivity (Wildman–Crippen MR) is 63.7 cm³/mol. The molecular formula is C12H16F3N3O. The Labute approximate surface area is 109 Å². The van der Waals surface area contributed by atoms with E-state index in [0.29, 0.717) is 12.4 Å². The summed E-state index contributed by atoms with van der Waals surface area (Å²) >= 11 is 0. The van der Waals surface area contributed by atoms with Crippen molar-refractivity contribution in [3.63, 3.8) is 0 Å². The number of nitrogens with zero attached hydrogens (tertiary/aromatic N) is 3. The van der Waals surface area contributed by atoms with Crippen LogP contribution in [0.1, 0.15) is 25.5 Å². The third-order valence-electron chi connectivity index (χ3n) is 3.40. The maximum atomic E-state index is 12.4. The maximum Gasteiger partial charge on any atom is 0.435 e. The fourth-order valence-corrected chi connectivity index (χ4v) is 2.26. The molecule has 0 radical (unpaired) electrons. The van der Waals surface area contributed by atoms with Gasteiger partial charge in [0.05, 0.1) is 6.10 Å². The molecule has 2 unspecified atom stereocenters. The Balaban J connectivity index is 2.10. The van der Waals surface area contributed by atoms with Crippen molar-refractivity contribution in [3.05, 3.63) is 17.8 Å². The molecule has 19 heavy (non-hydrogen) atoms. The Morgan fingerprint density at radius 3 is 2.63 bits per heavy atom. The quantitative estimate of drug-likeness (QED) is 0.898. The second kappa shape index (κ2) is 5.32. The van der Waals surface area contributed by atoms with Gasteiger partial charge in [-0.3, -0.25) is 0 Å². The van der Waals surface area contributed by atoms with Crippen LogP contribution in [0.3, 0.4) is 0 Å². The van der Waals surface area contributed by atoms with Crippen LogP contribution >= 0.6 is 0 Å². The standard InChI is InChI=1S/C12H16F3N3O/c1-8(19)9-3-2-6-18(7-9)11-5-4-10(16-17-11)12(13,14)15/h4-5,8-9,19H,2-3,6-7H2,1H3. The molecule has 0 amide bonds. The highest BCUT2D eigenvalue weighted by atomic mass is 19.4. The van der Waals surface area contributed by atoms with E-state index in [1.54, 1.807) is 6.92 Å². The van der Waals surface area contributed by atoms with Gasteiger partial charge >= 0.3 is 6.18 Å². The first kappa shape index (κ1) is 14.0. The molecule has 1 aromatic rings. The third-order valence-corrected chi connectivity index (χ3v) is 3.40. The normalized spacial score (nSPS) is 22.4. The number of aliphatic hydroxyl groups is 1. The van der Waals surface area contributed by atoms with Gasteiger partial charge < -0.3 is 10.0 Å². The van der Waals surface area contributed by atoms with E-state index in [-0.39, 0.29) is 5.92 Å². The van der Waals surface area contributed by atoms with Crippen molar-refractivity contribution in [2.45, 2.75) is 32.0 Å². The molecule has 0 saturated carbocycles. The van der Waals surface area contributed by atoms with E-state index < -0.39 is 18.0 Å². The smallest absolute Gasteiger partial charge is 0.393 e. The number of rotatable bonds is 2. The molecule has 1 fully saturated rings. The molecule has 0 bridgehead atoms. The first-order valence-electron chi connectivity index (χ1n) is 6.22. The zero-order chi connectivity index (χ0) is 14.0. The van der Waals surface area contributed by atoms with Crippen LogP contribution in [0.2, 0.25) is 0 Å². The molecule has 0 spiro atoms. The molecule has 2 rings (SSSR count). The molecule has 1 saturated heterocycles. The van der Waals surface area contributed by atoms with Crippen molar-refractivity contribution >= 4 is 5.82 Å². The largest absolute Gasteiger partial charge is 0.435 e. The Bertz CT molecular complexity index is 419. The molecular weight excluding hydrogens is 259 g/mol. The van der Waals surface area contributed by atoms with E-state index in [2.05, 4.69) is 10.2 Å². The number of halogens is 3. The van der Waals surface area contributed by atoms with Crippen LogP contribution in [0.4, 0.5) is 19.0 Å². The highest BCUT2D eigenvalue weighted by Gasteiger charge is 2.33. The molecule has 1 aliphatic rings. The lowest BCUT2D eigenvalue weighted by Crippen LogP contribution is -2.40. The summed E-state index contributed by atoms with van der Waals surface area (Å²) in [6.45, 7) is 3.05. The highest BCUT2D eigenvalue weighted by Crippen LogP contribution is 2.28. The van der Waals surface area contributed by atoms with Crippen LogP contribution < -0.4 is 4.90 Å². The van der Waals surface area contributed by atoms with Gasteiger partial charge in [0.25, 0.3) is 0 Å². The number of aromatic nitrogens is 2. The van der Waals surface area contributed by atoms with Crippen LogP contribution in [-0.2, 0) is 6.18 Å². The monoisotopic (exact) mass is 275 g/mol. The summed E-state index contributed by atoms with van der Waals surface area (Å²) in [5.41, 5.74) is -0.986. The summed E-state index contributed by atoms with van der Waals surface area (Å²) in [4.78, 5) is 1.87. The minimum absolute atomic E-state index is 0.123. The Kier molecular flexibility index (Phi) is 3.93. The van der Waals surface area contributed by atoms with Crippen molar-refractivity contribution in [2.75, 3.05) is 18.0 Å². The van der Waals surface area contributed by atoms with E-state index in [1.807, 2.05) is 4.90 Å². The molecule has 1 aliphatic heterocycles. The lowest BCUT2D eigenvalue weighted by atomic mass is 9.93. The van der Waals surface area contributed by atoms with Crippen LogP contribution in [0.5, 0.6) is 0 Å². The van der Waals surface area contributed by atoms with E-state index in [0.717, 1.165) is 25.5 Å². The fourth-order valence-electron chi connectivity index (χ4n) is 2.26. The van der Waals surface area contributed by atoms with Gasteiger partial charge in [-0.25, -0.2) is 0 Å². The summed E-state index contributed by atoms with van der Waals surface area (Å²) in [5, 5.41) is 16.4.